The second-order valence-electron chi connectivity index (χ2n) is 7.11. The van der Waals surface area contributed by atoms with Crippen LogP contribution in [-0.4, -0.2) is 35.9 Å². The zero-order chi connectivity index (χ0) is 21.0. The quantitative estimate of drug-likeness (QED) is 0.684. The van der Waals surface area contributed by atoms with Crippen LogP contribution in [0.2, 0.25) is 5.02 Å². The van der Waals surface area contributed by atoms with Crippen molar-refractivity contribution in [1.82, 2.24) is 9.88 Å². The van der Waals surface area contributed by atoms with Crippen molar-refractivity contribution in [2.24, 2.45) is 10.7 Å². The number of nitrogens with two attached hydrogens (primary N) is 1. The van der Waals surface area contributed by atoms with Gasteiger partial charge in [0.15, 0.2) is 11.7 Å². The van der Waals surface area contributed by atoms with Gasteiger partial charge in [-0.1, -0.05) is 17.7 Å². The number of aromatic nitrogens is 1. The van der Waals surface area contributed by atoms with Gasteiger partial charge in [-0.15, -0.1) is 0 Å². The number of hydrogen-bond acceptors (Lipinski definition) is 6. The summed E-state index contributed by atoms with van der Waals surface area (Å²) in [6.45, 7) is 0. The van der Waals surface area contributed by atoms with Gasteiger partial charge in [0.2, 0.25) is 5.54 Å². The number of rotatable bonds is 2. The Hall–Kier alpha value is -3.58. The van der Waals surface area contributed by atoms with Crippen LogP contribution in [0.3, 0.4) is 0 Å². The lowest BCUT2D eigenvalue weighted by Gasteiger charge is -2.33. The maximum atomic E-state index is 13.4. The lowest BCUT2D eigenvalue weighted by Crippen LogP contribution is -2.42. The number of amides is 1. The number of carbonyl (C=O) groups is 1. The second kappa shape index (κ2) is 6.47. The molecule has 150 valence electrons. The van der Waals surface area contributed by atoms with Gasteiger partial charge in [0.05, 0.1) is 13.3 Å². The van der Waals surface area contributed by atoms with Crippen molar-refractivity contribution in [1.29, 1.82) is 0 Å². The number of guanidine groups is 1. The molecule has 1 amide bonds. The number of halogens is 1. The Balaban J connectivity index is 1.77. The lowest BCUT2D eigenvalue weighted by molar-refractivity contribution is -0.129. The number of methoxy groups -OCH3 is 1. The fourth-order valence-corrected chi connectivity index (χ4v) is 4.17. The average Bonchev–Trinajstić information content (AvgIpc) is 2.98. The molecule has 30 heavy (non-hydrogen) atoms. The molecule has 1 spiro atoms. The zero-order valence-corrected chi connectivity index (χ0v) is 17.0. The van der Waals surface area contributed by atoms with Crippen molar-refractivity contribution in [2.75, 3.05) is 14.2 Å². The van der Waals surface area contributed by atoms with Crippen LogP contribution in [0, 0.1) is 0 Å². The van der Waals surface area contributed by atoms with Gasteiger partial charge in [0.1, 0.15) is 11.5 Å². The predicted octanol–water partition coefficient (Wildman–Crippen LogP) is 3.55. The van der Waals surface area contributed by atoms with Crippen LogP contribution in [0.15, 0.2) is 59.9 Å². The van der Waals surface area contributed by atoms with Crippen molar-refractivity contribution in [2.45, 2.75) is 5.54 Å². The minimum absolute atomic E-state index is 0.144. The Labute approximate surface area is 177 Å². The molecule has 2 aliphatic rings. The molecule has 0 fully saturated rings. The van der Waals surface area contributed by atoms with Gasteiger partial charge >= 0.3 is 0 Å². The number of likely N-dealkylation sites (N-methyl/N-ethyl adjacent to an activating group) is 1. The number of fused-ring (bicyclic) bond motifs is 4. The Morgan fingerprint density at radius 2 is 1.93 bits per heavy atom. The fourth-order valence-electron chi connectivity index (χ4n) is 3.94. The molecule has 3 aromatic rings. The Morgan fingerprint density at radius 3 is 2.67 bits per heavy atom. The molecule has 8 heteroatoms. The fraction of sp³-hybridized carbons (Fsp3) is 0.136. The van der Waals surface area contributed by atoms with Gasteiger partial charge < -0.3 is 15.2 Å². The number of benzene rings is 2. The summed E-state index contributed by atoms with van der Waals surface area (Å²) in [7, 11) is 3.19. The second-order valence-corrected chi connectivity index (χ2v) is 7.55. The molecule has 0 saturated carbocycles. The van der Waals surface area contributed by atoms with Crippen molar-refractivity contribution >= 4 is 23.5 Å². The highest BCUT2D eigenvalue weighted by Crippen LogP contribution is 2.52. The van der Waals surface area contributed by atoms with E-state index in [1.54, 1.807) is 38.7 Å². The van der Waals surface area contributed by atoms with E-state index in [0.717, 1.165) is 11.1 Å². The van der Waals surface area contributed by atoms with Gasteiger partial charge in [-0.3, -0.25) is 14.7 Å². The first-order valence-electron chi connectivity index (χ1n) is 9.19. The number of aliphatic imine (C=N–C) groups is 1. The van der Waals surface area contributed by atoms with Gasteiger partial charge in [-0.05, 0) is 47.5 Å². The minimum Gasteiger partial charge on any atom is -0.497 e. The van der Waals surface area contributed by atoms with E-state index >= 15 is 0 Å². The molecule has 7 nitrogen and oxygen atoms in total. The van der Waals surface area contributed by atoms with Gasteiger partial charge in [0.25, 0.3) is 5.91 Å². The van der Waals surface area contributed by atoms with Crippen molar-refractivity contribution in [3.8, 4) is 28.4 Å². The van der Waals surface area contributed by atoms with Crippen molar-refractivity contribution in [3.63, 3.8) is 0 Å². The summed E-state index contributed by atoms with van der Waals surface area (Å²) in [5.41, 5.74) is 7.62. The Bertz CT molecular complexity index is 1240. The Morgan fingerprint density at radius 1 is 1.10 bits per heavy atom. The van der Waals surface area contributed by atoms with Gasteiger partial charge in [-0.25, -0.2) is 4.99 Å². The standard InChI is InChI=1S/C22H17ClN4O3/c1-27-20(28)22(26-21(27)24)16-5-6-25-11-19(16)30-18-4-3-12(9-17(18)22)13-7-14(23)10-15(8-13)29-2/h3-11H,1-2H3,(H2,24,26). The van der Waals surface area contributed by atoms with Crippen LogP contribution in [0.25, 0.3) is 11.1 Å². The molecular formula is C22H17ClN4O3. The lowest BCUT2D eigenvalue weighted by atomic mass is 9.79. The maximum absolute atomic E-state index is 13.4. The smallest absolute Gasteiger partial charge is 0.266 e. The van der Waals surface area contributed by atoms with E-state index < -0.39 is 5.54 Å². The van der Waals surface area contributed by atoms with E-state index in [9.17, 15) is 4.79 Å². The SMILES string of the molecule is COc1cc(Cl)cc(-c2ccc3c(c2)C2(N=C(N)N(C)C2=O)c2ccncc2O3)c1. The Kier molecular flexibility index (Phi) is 3.98. The van der Waals surface area contributed by atoms with Crippen LogP contribution in [0.5, 0.6) is 17.2 Å². The van der Waals surface area contributed by atoms with Crippen molar-refractivity contribution in [3.05, 3.63) is 71.0 Å². The molecule has 0 aliphatic carbocycles. The van der Waals surface area contributed by atoms with Crippen LogP contribution in [-0.2, 0) is 10.3 Å². The highest BCUT2D eigenvalue weighted by molar-refractivity contribution is 6.31. The summed E-state index contributed by atoms with van der Waals surface area (Å²) in [6, 6.07) is 12.8. The third kappa shape index (κ3) is 2.48. The van der Waals surface area contributed by atoms with E-state index in [2.05, 4.69) is 9.98 Å². The summed E-state index contributed by atoms with van der Waals surface area (Å²) in [5.74, 6) is 1.52. The largest absolute Gasteiger partial charge is 0.497 e. The maximum Gasteiger partial charge on any atom is 0.266 e. The summed E-state index contributed by atoms with van der Waals surface area (Å²) < 4.78 is 11.4. The first kappa shape index (κ1) is 18.4. The monoisotopic (exact) mass is 420 g/mol. The molecule has 2 N–H and O–H groups in total. The molecule has 3 heterocycles. The summed E-state index contributed by atoms with van der Waals surface area (Å²) in [4.78, 5) is 23.5. The first-order valence-corrected chi connectivity index (χ1v) is 9.57. The summed E-state index contributed by atoms with van der Waals surface area (Å²) in [6.07, 6.45) is 3.19. The van der Waals surface area contributed by atoms with E-state index in [1.165, 1.54) is 4.90 Å². The number of carbonyl (C=O) groups excluding carboxylic acids is 1. The zero-order valence-electron chi connectivity index (χ0n) is 16.2. The molecule has 1 aromatic heterocycles. The molecule has 5 rings (SSSR count). The summed E-state index contributed by atoms with van der Waals surface area (Å²) >= 11 is 6.26. The van der Waals surface area contributed by atoms with E-state index in [1.807, 2.05) is 30.3 Å². The van der Waals surface area contributed by atoms with Crippen molar-refractivity contribution < 1.29 is 14.3 Å². The average molecular weight is 421 g/mol. The number of nitrogens with zero attached hydrogens (tertiary/aromatic N) is 3. The highest BCUT2D eigenvalue weighted by atomic mass is 35.5. The van der Waals surface area contributed by atoms with Gasteiger partial charge in [0, 0.05) is 29.4 Å². The summed E-state index contributed by atoms with van der Waals surface area (Å²) in [5, 5.41) is 0.545. The molecule has 2 aliphatic heterocycles. The molecular weight excluding hydrogens is 404 g/mol. The molecule has 0 bridgehead atoms. The van der Waals surface area contributed by atoms with Crippen LogP contribution in [0.4, 0.5) is 0 Å². The third-order valence-electron chi connectivity index (χ3n) is 5.44. The van der Waals surface area contributed by atoms with Crippen LogP contribution < -0.4 is 15.2 Å². The van der Waals surface area contributed by atoms with E-state index in [4.69, 9.17) is 26.8 Å². The third-order valence-corrected chi connectivity index (χ3v) is 5.66. The van der Waals surface area contributed by atoms with Gasteiger partial charge in [-0.2, -0.15) is 0 Å². The predicted molar refractivity (Wildman–Crippen MR) is 113 cm³/mol. The molecule has 1 unspecified atom stereocenters. The minimum atomic E-state index is -1.33. The number of pyridine rings is 1. The molecule has 1 atom stereocenters. The van der Waals surface area contributed by atoms with E-state index in [-0.39, 0.29) is 11.9 Å². The van der Waals surface area contributed by atoms with E-state index in [0.29, 0.717) is 33.4 Å². The highest BCUT2D eigenvalue weighted by Gasteiger charge is 2.54. The molecule has 0 radical (unpaired) electrons. The van der Waals surface area contributed by atoms with Crippen LogP contribution >= 0.6 is 11.6 Å². The topological polar surface area (TPSA) is 90.0 Å². The van der Waals surface area contributed by atoms with Crippen LogP contribution in [0.1, 0.15) is 11.1 Å². The molecule has 2 aromatic carbocycles. The number of hydrogen-bond donors (Lipinski definition) is 1. The normalized spacial score (nSPS) is 19.2. The number of ether oxygens (including phenoxy) is 2. The molecule has 0 saturated heterocycles. The first-order chi connectivity index (χ1) is 14.4.